The van der Waals surface area contributed by atoms with E-state index >= 15 is 0 Å². The first-order chi connectivity index (χ1) is 9.67. The zero-order valence-electron chi connectivity index (χ0n) is 11.3. The third-order valence-corrected chi connectivity index (χ3v) is 3.29. The van der Waals surface area contributed by atoms with E-state index in [0.29, 0.717) is 6.54 Å². The Morgan fingerprint density at radius 3 is 2.90 bits per heavy atom. The Morgan fingerprint density at radius 2 is 2.15 bits per heavy atom. The van der Waals surface area contributed by atoms with E-state index in [1.807, 2.05) is 42.8 Å². The van der Waals surface area contributed by atoms with Crippen LogP contribution in [0.5, 0.6) is 0 Å². The molecule has 2 aromatic heterocycles. The number of aromatic nitrogens is 4. The van der Waals surface area contributed by atoms with Gasteiger partial charge in [0.2, 0.25) is 0 Å². The van der Waals surface area contributed by atoms with Gasteiger partial charge in [0.25, 0.3) is 0 Å². The molecule has 3 aromatic rings. The zero-order chi connectivity index (χ0) is 14.1. The number of hydrogen-bond donors (Lipinski definition) is 1. The first kappa shape index (κ1) is 12.9. The summed E-state index contributed by atoms with van der Waals surface area (Å²) >= 11 is 6.02. The van der Waals surface area contributed by atoms with E-state index in [2.05, 4.69) is 20.3 Å². The number of halogens is 1. The maximum Gasteiger partial charge on any atom is 0.166 e. The second-order valence-corrected chi connectivity index (χ2v) is 4.98. The highest BCUT2D eigenvalue weighted by molar-refractivity contribution is 6.30. The van der Waals surface area contributed by atoms with Crippen LogP contribution in [0.25, 0.3) is 11.2 Å². The minimum atomic E-state index is 0.677. The minimum Gasteiger partial charge on any atom is -0.371 e. The molecule has 0 aliphatic rings. The van der Waals surface area contributed by atoms with Gasteiger partial charge in [0.1, 0.15) is 11.3 Å². The van der Waals surface area contributed by atoms with Crippen molar-refractivity contribution in [2.45, 2.75) is 13.5 Å². The molecule has 3 rings (SSSR count). The van der Waals surface area contributed by atoms with E-state index in [-0.39, 0.29) is 0 Å². The number of benzene rings is 1. The molecule has 1 aromatic carbocycles. The van der Waals surface area contributed by atoms with Gasteiger partial charge in [-0.25, -0.2) is 15.0 Å². The van der Waals surface area contributed by atoms with Gasteiger partial charge in [-0.05, 0) is 24.6 Å². The van der Waals surface area contributed by atoms with Gasteiger partial charge in [0.05, 0.1) is 12.9 Å². The van der Waals surface area contributed by atoms with Crippen LogP contribution in [-0.2, 0) is 6.54 Å². The highest BCUT2D eigenvalue weighted by atomic mass is 35.5. The Kier molecular flexibility index (Phi) is 3.28. The molecule has 20 heavy (non-hydrogen) atoms. The smallest absolute Gasteiger partial charge is 0.166 e. The molecule has 0 bridgehead atoms. The van der Waals surface area contributed by atoms with E-state index < -0.39 is 0 Å². The van der Waals surface area contributed by atoms with E-state index in [1.165, 1.54) is 0 Å². The summed E-state index contributed by atoms with van der Waals surface area (Å²) in [7, 11) is 1.83. The monoisotopic (exact) mass is 287 g/mol. The second kappa shape index (κ2) is 5.09. The Hall–Kier alpha value is -2.14. The number of anilines is 1. The van der Waals surface area contributed by atoms with Crippen LogP contribution in [0.3, 0.4) is 0 Å². The van der Waals surface area contributed by atoms with Gasteiger partial charge in [-0.1, -0.05) is 23.7 Å². The molecule has 0 radical (unpaired) electrons. The van der Waals surface area contributed by atoms with Crippen molar-refractivity contribution in [2.24, 2.45) is 0 Å². The Morgan fingerprint density at radius 1 is 1.30 bits per heavy atom. The number of aryl methyl sites for hydroxylation is 1. The third kappa shape index (κ3) is 2.32. The van der Waals surface area contributed by atoms with Crippen molar-refractivity contribution in [3.63, 3.8) is 0 Å². The predicted octanol–water partition coefficient (Wildman–Crippen LogP) is 2.88. The summed E-state index contributed by atoms with van der Waals surface area (Å²) in [6.07, 6.45) is 1.78. The van der Waals surface area contributed by atoms with E-state index in [9.17, 15) is 0 Å². The van der Waals surface area contributed by atoms with E-state index in [1.54, 1.807) is 6.33 Å². The lowest BCUT2D eigenvalue weighted by molar-refractivity contribution is 0.810. The maximum absolute atomic E-state index is 6.02. The molecule has 5 nitrogen and oxygen atoms in total. The van der Waals surface area contributed by atoms with Gasteiger partial charge in [0.15, 0.2) is 11.5 Å². The van der Waals surface area contributed by atoms with Crippen molar-refractivity contribution >= 4 is 28.6 Å². The Balaban J connectivity index is 2.06. The van der Waals surface area contributed by atoms with Gasteiger partial charge < -0.3 is 9.88 Å². The van der Waals surface area contributed by atoms with Crippen molar-refractivity contribution in [1.29, 1.82) is 0 Å². The van der Waals surface area contributed by atoms with Crippen LogP contribution in [0.2, 0.25) is 5.02 Å². The van der Waals surface area contributed by atoms with Gasteiger partial charge in [-0.15, -0.1) is 0 Å². The molecule has 102 valence electrons. The average Bonchev–Trinajstić information content (AvgIpc) is 2.81. The molecular weight excluding hydrogens is 274 g/mol. The van der Waals surface area contributed by atoms with Crippen LogP contribution in [0.15, 0.2) is 30.6 Å². The van der Waals surface area contributed by atoms with Crippen molar-refractivity contribution < 1.29 is 0 Å². The number of imidazole rings is 1. The fourth-order valence-corrected chi connectivity index (χ4v) is 2.39. The SMILES string of the molecule is CNc1nc(C)nc2c1ncn2Cc1cccc(Cl)c1. The van der Waals surface area contributed by atoms with Crippen LogP contribution in [0.1, 0.15) is 11.4 Å². The van der Waals surface area contributed by atoms with Crippen LogP contribution >= 0.6 is 11.6 Å². The van der Waals surface area contributed by atoms with Crippen LogP contribution < -0.4 is 5.32 Å². The third-order valence-electron chi connectivity index (χ3n) is 3.05. The zero-order valence-corrected chi connectivity index (χ0v) is 12.0. The summed E-state index contributed by atoms with van der Waals surface area (Å²) in [6.45, 7) is 2.55. The number of nitrogens with zero attached hydrogens (tertiary/aromatic N) is 4. The summed E-state index contributed by atoms with van der Waals surface area (Å²) in [5.74, 6) is 1.46. The molecule has 0 spiro atoms. The molecule has 0 unspecified atom stereocenters. The van der Waals surface area contributed by atoms with Crippen molar-refractivity contribution in [3.05, 3.63) is 47.0 Å². The van der Waals surface area contributed by atoms with Crippen molar-refractivity contribution in [3.8, 4) is 0 Å². The van der Waals surface area contributed by atoms with E-state index in [0.717, 1.165) is 33.4 Å². The van der Waals surface area contributed by atoms with Crippen molar-refractivity contribution in [1.82, 2.24) is 19.5 Å². The fourth-order valence-electron chi connectivity index (χ4n) is 2.18. The number of nitrogens with one attached hydrogen (secondary N) is 1. The fraction of sp³-hybridized carbons (Fsp3) is 0.214. The topological polar surface area (TPSA) is 55.6 Å². The number of fused-ring (bicyclic) bond motifs is 1. The average molecular weight is 288 g/mol. The Labute approximate surface area is 121 Å². The van der Waals surface area contributed by atoms with Gasteiger partial charge in [-0.3, -0.25) is 0 Å². The first-order valence-electron chi connectivity index (χ1n) is 6.29. The van der Waals surface area contributed by atoms with Gasteiger partial charge in [-0.2, -0.15) is 0 Å². The number of rotatable bonds is 3. The largest absolute Gasteiger partial charge is 0.371 e. The molecule has 0 atom stereocenters. The molecule has 0 aliphatic heterocycles. The van der Waals surface area contributed by atoms with Crippen LogP contribution in [0.4, 0.5) is 5.82 Å². The summed E-state index contributed by atoms with van der Waals surface area (Å²) in [5, 5.41) is 3.78. The van der Waals surface area contributed by atoms with Crippen LogP contribution in [0, 0.1) is 6.92 Å². The molecular formula is C14H14ClN5. The standard InChI is InChI=1S/C14H14ClN5/c1-9-18-13(16-2)12-14(19-9)20(8-17-12)7-10-4-3-5-11(15)6-10/h3-6,8H,7H2,1-2H3,(H,16,18,19). The molecule has 0 saturated heterocycles. The molecule has 1 N–H and O–H groups in total. The first-order valence-corrected chi connectivity index (χ1v) is 6.67. The summed E-state index contributed by atoms with van der Waals surface area (Å²) in [6, 6.07) is 7.78. The normalized spacial score (nSPS) is 10.9. The lowest BCUT2D eigenvalue weighted by Crippen LogP contribution is -2.02. The molecule has 2 heterocycles. The highest BCUT2D eigenvalue weighted by Gasteiger charge is 2.11. The highest BCUT2D eigenvalue weighted by Crippen LogP contribution is 2.20. The lowest BCUT2D eigenvalue weighted by Gasteiger charge is -2.06. The quantitative estimate of drug-likeness (QED) is 0.805. The summed E-state index contributed by atoms with van der Waals surface area (Å²) in [4.78, 5) is 13.2. The molecule has 0 amide bonds. The van der Waals surface area contributed by atoms with Gasteiger partial charge >= 0.3 is 0 Å². The second-order valence-electron chi connectivity index (χ2n) is 4.54. The molecule has 6 heteroatoms. The minimum absolute atomic E-state index is 0.677. The molecule has 0 aliphatic carbocycles. The van der Waals surface area contributed by atoms with E-state index in [4.69, 9.17) is 11.6 Å². The maximum atomic E-state index is 6.02. The lowest BCUT2D eigenvalue weighted by atomic mass is 10.2. The van der Waals surface area contributed by atoms with Gasteiger partial charge in [0, 0.05) is 12.1 Å². The predicted molar refractivity (Wildman–Crippen MR) is 80.2 cm³/mol. The summed E-state index contributed by atoms with van der Waals surface area (Å²) < 4.78 is 2.00. The van der Waals surface area contributed by atoms with Crippen molar-refractivity contribution in [2.75, 3.05) is 12.4 Å². The number of hydrogen-bond acceptors (Lipinski definition) is 4. The molecule has 0 fully saturated rings. The Bertz CT molecular complexity index is 765. The molecule has 0 saturated carbocycles. The summed E-state index contributed by atoms with van der Waals surface area (Å²) in [5.41, 5.74) is 2.71. The van der Waals surface area contributed by atoms with Crippen LogP contribution in [-0.4, -0.2) is 26.6 Å².